The van der Waals surface area contributed by atoms with E-state index in [1.165, 1.54) is 6.92 Å². The van der Waals surface area contributed by atoms with Gasteiger partial charge >= 0.3 is 5.97 Å². The van der Waals surface area contributed by atoms with E-state index in [0.717, 1.165) is 0 Å². The van der Waals surface area contributed by atoms with Crippen LogP contribution in [0.5, 0.6) is 0 Å². The van der Waals surface area contributed by atoms with Gasteiger partial charge in [-0.05, 0) is 18.5 Å². The van der Waals surface area contributed by atoms with Gasteiger partial charge in [-0.1, -0.05) is 6.92 Å². The van der Waals surface area contributed by atoms with E-state index in [9.17, 15) is 9.59 Å². The van der Waals surface area contributed by atoms with Crippen LogP contribution < -0.4 is 0 Å². The third-order valence-electron chi connectivity index (χ3n) is 0.917. The number of hydrogen-bond donors (Lipinski definition) is 0. The lowest BCUT2D eigenvalue weighted by Crippen LogP contribution is -2.19. The van der Waals surface area contributed by atoms with Gasteiger partial charge in [0.2, 0.25) is 0 Å². The zero-order valence-corrected chi connectivity index (χ0v) is 6.64. The Morgan fingerprint density at radius 3 is 2.40 bits per heavy atom. The van der Waals surface area contributed by atoms with Crippen molar-refractivity contribution in [2.75, 3.05) is 0 Å². The van der Waals surface area contributed by atoms with Crippen molar-refractivity contribution in [1.29, 1.82) is 0 Å². The van der Waals surface area contributed by atoms with Gasteiger partial charge in [-0.3, -0.25) is 9.59 Å². The zero-order valence-electron chi connectivity index (χ0n) is 5.89. The number of carbonyl (C=O) groups excluding carboxylic acids is 2. The van der Waals surface area contributed by atoms with Gasteiger partial charge < -0.3 is 4.74 Å². The van der Waals surface area contributed by atoms with Crippen LogP contribution in [0.4, 0.5) is 0 Å². The molecule has 0 bridgehead atoms. The predicted octanol–water partition coefficient (Wildman–Crippen LogP) is 1.09. The summed E-state index contributed by atoms with van der Waals surface area (Å²) in [6.07, 6.45) is -0.566. The van der Waals surface area contributed by atoms with Crippen molar-refractivity contribution < 1.29 is 14.3 Å². The Bertz CT molecular complexity index is 144. The van der Waals surface area contributed by atoms with Crippen molar-refractivity contribution in [1.82, 2.24) is 0 Å². The van der Waals surface area contributed by atoms with Crippen molar-refractivity contribution in [3.8, 4) is 0 Å². The van der Waals surface area contributed by atoms with Gasteiger partial charge in [0.05, 0.1) is 0 Å². The molecule has 0 radical (unpaired) electrons. The second-order valence-electron chi connectivity index (χ2n) is 1.79. The van der Waals surface area contributed by atoms with E-state index in [1.807, 2.05) is 0 Å². The first-order valence-electron chi connectivity index (χ1n) is 2.96. The molecule has 3 nitrogen and oxygen atoms in total. The van der Waals surface area contributed by atoms with E-state index in [4.69, 9.17) is 11.6 Å². The smallest absolute Gasteiger partial charge is 0.306 e. The van der Waals surface area contributed by atoms with Crippen LogP contribution in [0.3, 0.4) is 0 Å². The molecule has 0 N–H and O–H groups in total. The molecule has 0 saturated carbocycles. The topological polar surface area (TPSA) is 43.4 Å². The molecule has 0 heterocycles. The second kappa shape index (κ2) is 4.28. The fraction of sp³-hybridized carbons (Fsp3) is 0.667. The number of hydrogen-bond acceptors (Lipinski definition) is 3. The molecule has 0 aliphatic carbocycles. The third kappa shape index (κ3) is 3.45. The SMILES string of the molecule is CCC(=O)O[C@@H](C)C(=O)Cl. The van der Waals surface area contributed by atoms with Gasteiger partial charge in [-0.2, -0.15) is 0 Å². The highest BCUT2D eigenvalue weighted by molar-refractivity contribution is 6.64. The summed E-state index contributed by atoms with van der Waals surface area (Å²) in [5.74, 6) is -0.415. The van der Waals surface area contributed by atoms with E-state index in [0.29, 0.717) is 0 Å². The third-order valence-corrected chi connectivity index (χ3v) is 1.22. The first kappa shape index (κ1) is 9.43. The van der Waals surface area contributed by atoms with Crippen LogP contribution in [0.25, 0.3) is 0 Å². The van der Waals surface area contributed by atoms with Crippen molar-refractivity contribution in [2.45, 2.75) is 26.4 Å². The Hall–Kier alpha value is -0.570. The minimum atomic E-state index is -0.825. The van der Waals surface area contributed by atoms with Crippen LogP contribution in [0.1, 0.15) is 20.3 Å². The molecule has 0 aromatic carbocycles. The average Bonchev–Trinajstić information content (AvgIpc) is 1.87. The van der Waals surface area contributed by atoms with Crippen LogP contribution in [0.15, 0.2) is 0 Å². The van der Waals surface area contributed by atoms with Crippen molar-refractivity contribution >= 4 is 22.8 Å². The summed E-state index contributed by atoms with van der Waals surface area (Å²) in [5.41, 5.74) is 0. The molecule has 0 aromatic rings. The molecule has 0 aliphatic heterocycles. The van der Waals surface area contributed by atoms with Gasteiger partial charge in [0, 0.05) is 6.42 Å². The van der Waals surface area contributed by atoms with Crippen LogP contribution in [-0.4, -0.2) is 17.3 Å². The minimum Gasteiger partial charge on any atom is -0.453 e. The molecule has 0 aliphatic rings. The lowest BCUT2D eigenvalue weighted by atomic mass is 10.4. The molecule has 0 aromatic heterocycles. The fourth-order valence-corrected chi connectivity index (χ4v) is 0.371. The highest BCUT2D eigenvalue weighted by Crippen LogP contribution is 1.98. The fourth-order valence-electron chi connectivity index (χ4n) is 0.327. The molecule has 4 heteroatoms. The van der Waals surface area contributed by atoms with E-state index in [-0.39, 0.29) is 6.42 Å². The lowest BCUT2D eigenvalue weighted by molar-refractivity contribution is -0.151. The lowest BCUT2D eigenvalue weighted by Gasteiger charge is -2.06. The molecule has 0 fully saturated rings. The highest BCUT2D eigenvalue weighted by atomic mass is 35.5. The van der Waals surface area contributed by atoms with Crippen LogP contribution in [0.2, 0.25) is 0 Å². The maximum absolute atomic E-state index is 10.5. The Labute approximate surface area is 64.3 Å². The molecule has 0 rings (SSSR count). The summed E-state index contributed by atoms with van der Waals surface area (Å²) in [6.45, 7) is 3.08. The Morgan fingerprint density at radius 2 is 2.10 bits per heavy atom. The normalized spacial score (nSPS) is 12.3. The summed E-state index contributed by atoms with van der Waals surface area (Å²) in [6, 6.07) is 0. The van der Waals surface area contributed by atoms with E-state index < -0.39 is 17.3 Å². The molecule has 0 unspecified atom stereocenters. The van der Waals surface area contributed by atoms with Gasteiger partial charge in [0.1, 0.15) is 0 Å². The average molecular weight is 165 g/mol. The highest BCUT2D eigenvalue weighted by Gasteiger charge is 2.13. The number of carbonyl (C=O) groups is 2. The van der Waals surface area contributed by atoms with E-state index in [1.54, 1.807) is 6.92 Å². The molecule has 0 saturated heterocycles. The van der Waals surface area contributed by atoms with E-state index >= 15 is 0 Å². The summed E-state index contributed by atoms with van der Waals surface area (Å²) < 4.78 is 4.54. The number of rotatable bonds is 3. The Balaban J connectivity index is 3.68. The summed E-state index contributed by atoms with van der Waals surface area (Å²) in [4.78, 5) is 20.8. The van der Waals surface area contributed by atoms with Gasteiger partial charge in [-0.15, -0.1) is 0 Å². The molecule has 58 valence electrons. The van der Waals surface area contributed by atoms with Crippen molar-refractivity contribution in [2.24, 2.45) is 0 Å². The van der Waals surface area contributed by atoms with Crippen LogP contribution in [0, 0.1) is 0 Å². The Kier molecular flexibility index (Phi) is 4.03. The summed E-state index contributed by atoms with van der Waals surface area (Å²) >= 11 is 5.01. The molecular formula is C6H9ClO3. The predicted molar refractivity (Wildman–Crippen MR) is 36.7 cm³/mol. The van der Waals surface area contributed by atoms with Gasteiger partial charge in [-0.25, -0.2) is 0 Å². The standard InChI is InChI=1S/C6H9ClO3/c1-3-5(8)10-4(2)6(7)9/h4H,3H2,1-2H3/t4-/m0/s1. The maximum Gasteiger partial charge on any atom is 0.306 e. The largest absolute Gasteiger partial charge is 0.453 e. The molecule has 0 spiro atoms. The van der Waals surface area contributed by atoms with Crippen LogP contribution in [-0.2, 0) is 14.3 Å². The monoisotopic (exact) mass is 164 g/mol. The van der Waals surface area contributed by atoms with Gasteiger partial charge in [0.25, 0.3) is 5.24 Å². The van der Waals surface area contributed by atoms with Crippen molar-refractivity contribution in [3.05, 3.63) is 0 Å². The van der Waals surface area contributed by atoms with Crippen LogP contribution >= 0.6 is 11.6 Å². The number of ether oxygens (including phenoxy) is 1. The number of esters is 1. The Morgan fingerprint density at radius 1 is 1.60 bits per heavy atom. The second-order valence-corrected chi connectivity index (χ2v) is 2.16. The summed E-state index contributed by atoms with van der Waals surface area (Å²) in [5, 5.41) is -0.651. The van der Waals surface area contributed by atoms with Gasteiger partial charge in [0.15, 0.2) is 6.10 Å². The van der Waals surface area contributed by atoms with E-state index in [2.05, 4.69) is 4.74 Å². The molecular weight excluding hydrogens is 156 g/mol. The molecule has 1 atom stereocenters. The molecule has 10 heavy (non-hydrogen) atoms. The first-order chi connectivity index (χ1) is 4.57. The zero-order chi connectivity index (χ0) is 8.15. The summed E-state index contributed by atoms with van der Waals surface area (Å²) in [7, 11) is 0. The molecule has 0 amide bonds. The minimum absolute atomic E-state index is 0.258. The van der Waals surface area contributed by atoms with Crippen molar-refractivity contribution in [3.63, 3.8) is 0 Å². The maximum atomic E-state index is 10.5. The first-order valence-corrected chi connectivity index (χ1v) is 3.34. The number of halogens is 1. The quantitative estimate of drug-likeness (QED) is 0.463.